The Morgan fingerprint density at radius 1 is 0.868 bits per heavy atom. The van der Waals surface area contributed by atoms with Gasteiger partial charge < -0.3 is 19.3 Å². The van der Waals surface area contributed by atoms with Crippen molar-refractivity contribution in [1.82, 2.24) is 0 Å². The second-order valence-corrected chi connectivity index (χ2v) is 9.60. The van der Waals surface area contributed by atoms with Crippen molar-refractivity contribution in [3.63, 3.8) is 0 Å². The van der Waals surface area contributed by atoms with Crippen LogP contribution in [0.4, 0.5) is 5.69 Å². The number of aliphatic hydroxyl groups excluding tert-OH is 1. The van der Waals surface area contributed by atoms with Crippen molar-refractivity contribution < 1.29 is 28.9 Å². The highest BCUT2D eigenvalue weighted by Crippen LogP contribution is 2.47. The first-order valence-corrected chi connectivity index (χ1v) is 12.7. The highest BCUT2D eigenvalue weighted by Gasteiger charge is 2.48. The summed E-state index contributed by atoms with van der Waals surface area (Å²) in [7, 11) is 4.52. The van der Waals surface area contributed by atoms with Crippen molar-refractivity contribution in [1.29, 1.82) is 0 Å². The number of carbonyl (C=O) groups excluding carboxylic acids is 2. The molecule has 38 heavy (non-hydrogen) atoms. The number of Topliss-reactive ketones (excluding diaryl/α,β-unsaturated/α-hetero) is 1. The molecule has 0 radical (unpaired) electrons. The van der Waals surface area contributed by atoms with Crippen molar-refractivity contribution in [2.75, 3.05) is 26.2 Å². The summed E-state index contributed by atoms with van der Waals surface area (Å²) in [5, 5.41) is 11.6. The molecular formula is C31H31NO6. The van der Waals surface area contributed by atoms with Crippen LogP contribution in [0, 0.1) is 6.92 Å². The fourth-order valence-electron chi connectivity index (χ4n) is 5.53. The molecule has 0 bridgehead atoms. The van der Waals surface area contributed by atoms with Crippen molar-refractivity contribution >= 4 is 23.1 Å². The van der Waals surface area contributed by atoms with Gasteiger partial charge >= 0.3 is 0 Å². The van der Waals surface area contributed by atoms with Crippen LogP contribution in [0.5, 0.6) is 17.2 Å². The van der Waals surface area contributed by atoms with E-state index in [4.69, 9.17) is 14.2 Å². The Balaban J connectivity index is 1.76. The van der Waals surface area contributed by atoms with Gasteiger partial charge in [0.05, 0.1) is 32.9 Å². The van der Waals surface area contributed by atoms with E-state index in [1.807, 2.05) is 43.3 Å². The van der Waals surface area contributed by atoms with Crippen LogP contribution in [0.1, 0.15) is 46.7 Å². The molecule has 5 rings (SSSR count). The summed E-state index contributed by atoms with van der Waals surface area (Å²) in [6.45, 7) is 1.88. The number of hydrogen-bond acceptors (Lipinski definition) is 6. The molecule has 0 saturated carbocycles. The number of methoxy groups -OCH3 is 3. The average molecular weight is 514 g/mol. The van der Waals surface area contributed by atoms with Gasteiger partial charge in [0.15, 0.2) is 11.5 Å². The first-order chi connectivity index (χ1) is 18.4. The van der Waals surface area contributed by atoms with Crippen molar-refractivity contribution in [3.05, 3.63) is 88.0 Å². The number of carbonyl (C=O) groups is 2. The molecule has 1 fully saturated rings. The van der Waals surface area contributed by atoms with Crippen molar-refractivity contribution in [3.8, 4) is 17.2 Å². The lowest BCUT2D eigenvalue weighted by Crippen LogP contribution is -2.30. The standard InChI is InChI=1S/C31H31NO6/c1-18-9-5-8-12-23(18)32-27(22-16-24(36-2)30(38-4)25(17-22)37-3)26(29(34)31(32)35)28(33)21-14-13-19-10-6-7-11-20(19)15-21/h5,8-9,12-17,27,33H,6-7,10-11H2,1-4H3/b28-26+. The molecule has 7 nitrogen and oxygen atoms in total. The molecule has 1 atom stereocenters. The summed E-state index contributed by atoms with van der Waals surface area (Å²) in [5.74, 6) is -0.510. The Kier molecular flexibility index (Phi) is 6.85. The highest BCUT2D eigenvalue weighted by molar-refractivity contribution is 6.51. The van der Waals surface area contributed by atoms with Crippen LogP contribution < -0.4 is 19.1 Å². The highest BCUT2D eigenvalue weighted by atomic mass is 16.5. The summed E-state index contributed by atoms with van der Waals surface area (Å²) in [5.41, 5.74) is 4.90. The van der Waals surface area contributed by atoms with E-state index in [0.717, 1.165) is 36.8 Å². The largest absolute Gasteiger partial charge is 0.507 e. The van der Waals surface area contributed by atoms with Gasteiger partial charge in [-0.1, -0.05) is 30.3 Å². The molecule has 1 aliphatic heterocycles. The van der Waals surface area contributed by atoms with Crippen molar-refractivity contribution in [2.24, 2.45) is 0 Å². The van der Waals surface area contributed by atoms with Crippen LogP contribution in [0.25, 0.3) is 5.76 Å². The summed E-state index contributed by atoms with van der Waals surface area (Å²) in [4.78, 5) is 28.7. The lowest BCUT2D eigenvalue weighted by molar-refractivity contribution is -0.132. The van der Waals surface area contributed by atoms with E-state index < -0.39 is 17.7 Å². The fourth-order valence-corrected chi connectivity index (χ4v) is 5.53. The number of ether oxygens (including phenoxy) is 3. The zero-order chi connectivity index (χ0) is 27.0. The van der Waals surface area contributed by atoms with Gasteiger partial charge in [0.2, 0.25) is 5.75 Å². The Labute approximate surface area is 222 Å². The predicted octanol–water partition coefficient (Wildman–Crippen LogP) is 5.53. The minimum atomic E-state index is -0.916. The maximum absolute atomic E-state index is 13.6. The Morgan fingerprint density at radius 3 is 2.16 bits per heavy atom. The van der Waals surface area contributed by atoms with Gasteiger partial charge in [0.25, 0.3) is 11.7 Å². The van der Waals surface area contributed by atoms with Gasteiger partial charge in [-0.2, -0.15) is 0 Å². The van der Waals surface area contributed by atoms with Crippen LogP contribution in [-0.2, 0) is 22.4 Å². The second-order valence-electron chi connectivity index (χ2n) is 9.60. The number of anilines is 1. The molecule has 1 N–H and O–H groups in total. The minimum Gasteiger partial charge on any atom is -0.507 e. The Morgan fingerprint density at radius 2 is 1.53 bits per heavy atom. The number of rotatable bonds is 6. The smallest absolute Gasteiger partial charge is 0.300 e. The molecular weight excluding hydrogens is 482 g/mol. The van der Waals surface area contributed by atoms with Crippen LogP contribution in [0.15, 0.2) is 60.2 Å². The van der Waals surface area contributed by atoms with E-state index in [9.17, 15) is 14.7 Å². The topological polar surface area (TPSA) is 85.3 Å². The first kappa shape index (κ1) is 25.4. The van der Waals surface area contributed by atoms with Gasteiger partial charge in [-0.15, -0.1) is 0 Å². The maximum Gasteiger partial charge on any atom is 0.300 e. The fraction of sp³-hybridized carbons (Fsp3) is 0.290. The average Bonchev–Trinajstić information content (AvgIpc) is 3.21. The zero-order valence-electron chi connectivity index (χ0n) is 22.0. The molecule has 3 aromatic rings. The number of benzene rings is 3. The summed E-state index contributed by atoms with van der Waals surface area (Å²) < 4.78 is 16.6. The molecule has 7 heteroatoms. The first-order valence-electron chi connectivity index (χ1n) is 12.7. The summed E-state index contributed by atoms with van der Waals surface area (Å²) in [6, 6.07) is 15.6. The van der Waals surface area contributed by atoms with E-state index in [0.29, 0.717) is 34.1 Å². The van der Waals surface area contributed by atoms with E-state index in [1.165, 1.54) is 31.8 Å². The molecule has 1 aliphatic carbocycles. The Hall–Kier alpha value is -4.26. The number of aryl methyl sites for hydroxylation is 3. The number of fused-ring (bicyclic) bond motifs is 1. The Bertz CT molecular complexity index is 1430. The molecule has 1 unspecified atom stereocenters. The molecule has 0 spiro atoms. The third-order valence-corrected chi connectivity index (χ3v) is 7.44. The van der Waals surface area contributed by atoms with Gasteiger partial charge in [-0.3, -0.25) is 14.5 Å². The van der Waals surface area contributed by atoms with Crippen LogP contribution >= 0.6 is 0 Å². The SMILES string of the molecule is COc1cc(C2/C(=C(\O)c3ccc4c(c3)CCCC4)C(=O)C(=O)N2c2ccccc2C)cc(OC)c1OC. The van der Waals surface area contributed by atoms with Gasteiger partial charge in [-0.25, -0.2) is 0 Å². The number of ketones is 1. The minimum absolute atomic E-state index is 0.0169. The molecule has 1 heterocycles. The van der Waals surface area contributed by atoms with Crippen LogP contribution in [0.2, 0.25) is 0 Å². The number of nitrogens with zero attached hydrogens (tertiary/aromatic N) is 1. The van der Waals surface area contributed by atoms with Gasteiger partial charge in [0.1, 0.15) is 5.76 Å². The predicted molar refractivity (Wildman–Crippen MR) is 145 cm³/mol. The van der Waals surface area contributed by atoms with Crippen molar-refractivity contribution in [2.45, 2.75) is 38.6 Å². The second kappa shape index (κ2) is 10.2. The molecule has 3 aromatic carbocycles. The molecule has 2 aliphatic rings. The quantitative estimate of drug-likeness (QED) is 0.265. The van der Waals surface area contributed by atoms with Crippen LogP contribution in [0.3, 0.4) is 0 Å². The van der Waals surface area contributed by atoms with E-state index >= 15 is 0 Å². The number of hydrogen-bond donors (Lipinski definition) is 1. The summed E-state index contributed by atoms with van der Waals surface area (Å²) in [6.07, 6.45) is 4.14. The zero-order valence-corrected chi connectivity index (χ0v) is 22.0. The lowest BCUT2D eigenvalue weighted by Gasteiger charge is -2.28. The van der Waals surface area contributed by atoms with Gasteiger partial charge in [0, 0.05) is 11.3 Å². The molecule has 1 saturated heterocycles. The molecule has 1 amide bonds. The van der Waals surface area contributed by atoms with E-state index in [1.54, 1.807) is 18.2 Å². The van der Waals surface area contributed by atoms with E-state index in [2.05, 4.69) is 0 Å². The van der Waals surface area contributed by atoms with Crippen LogP contribution in [-0.4, -0.2) is 38.1 Å². The molecule has 0 aromatic heterocycles. The maximum atomic E-state index is 13.6. The number of amides is 1. The lowest BCUT2D eigenvalue weighted by atomic mass is 9.88. The van der Waals surface area contributed by atoms with E-state index in [-0.39, 0.29) is 11.3 Å². The normalized spacial score (nSPS) is 18.3. The molecule has 196 valence electrons. The number of para-hydroxylation sites is 1. The monoisotopic (exact) mass is 513 g/mol. The number of aliphatic hydroxyl groups is 1. The third kappa shape index (κ3) is 4.18. The summed E-state index contributed by atoms with van der Waals surface area (Å²) >= 11 is 0. The third-order valence-electron chi connectivity index (χ3n) is 7.44. The van der Waals surface area contributed by atoms with Gasteiger partial charge in [-0.05, 0) is 79.1 Å².